The molecule has 0 radical (unpaired) electrons. The van der Waals surface area contributed by atoms with Gasteiger partial charge in [0.05, 0.1) is 5.69 Å². The lowest BCUT2D eigenvalue weighted by atomic mass is 10.1. The second-order valence-electron chi connectivity index (χ2n) is 4.42. The first-order chi connectivity index (χ1) is 8.43. The zero-order chi connectivity index (χ0) is 11.5. The van der Waals surface area contributed by atoms with Gasteiger partial charge in [-0.05, 0) is 31.5 Å². The molecule has 1 aliphatic heterocycles. The van der Waals surface area contributed by atoms with Gasteiger partial charge < -0.3 is 5.32 Å². The summed E-state index contributed by atoms with van der Waals surface area (Å²) in [7, 11) is 0. The molecular formula is C13H16N4. The van der Waals surface area contributed by atoms with E-state index < -0.39 is 0 Å². The molecule has 1 unspecified atom stereocenters. The summed E-state index contributed by atoms with van der Waals surface area (Å²) in [5, 5.41) is 7.80. The number of hydrogen-bond acceptors (Lipinski definition) is 3. The molecular weight excluding hydrogens is 212 g/mol. The quantitative estimate of drug-likeness (QED) is 0.867. The summed E-state index contributed by atoms with van der Waals surface area (Å²) in [6.07, 6.45) is 5.10. The van der Waals surface area contributed by atoms with Gasteiger partial charge in [0.1, 0.15) is 12.2 Å². The molecule has 88 valence electrons. The fraction of sp³-hybridized carbons (Fsp3) is 0.385. The first-order valence-electron chi connectivity index (χ1n) is 6.11. The van der Waals surface area contributed by atoms with Crippen LogP contribution in [0.15, 0.2) is 36.7 Å². The predicted octanol–water partition coefficient (Wildman–Crippen LogP) is 1.56. The van der Waals surface area contributed by atoms with Gasteiger partial charge in [0.25, 0.3) is 0 Å². The molecule has 4 nitrogen and oxygen atoms in total. The highest BCUT2D eigenvalue weighted by Gasteiger charge is 2.17. The van der Waals surface area contributed by atoms with Gasteiger partial charge in [-0.15, -0.1) is 0 Å². The molecule has 2 heterocycles. The van der Waals surface area contributed by atoms with E-state index in [9.17, 15) is 0 Å². The van der Waals surface area contributed by atoms with Crippen molar-refractivity contribution >= 4 is 0 Å². The molecule has 1 saturated heterocycles. The summed E-state index contributed by atoms with van der Waals surface area (Å²) in [5.41, 5.74) is 1.08. The molecule has 0 amide bonds. The number of aromatic nitrogens is 3. The SMILES string of the molecule is c1ccc(-n2ncnc2CC2CCCN2)cc1. The van der Waals surface area contributed by atoms with Crippen molar-refractivity contribution in [3.8, 4) is 5.69 Å². The molecule has 1 aliphatic rings. The normalized spacial score (nSPS) is 19.6. The third-order valence-electron chi connectivity index (χ3n) is 3.21. The maximum atomic E-state index is 4.37. The van der Waals surface area contributed by atoms with Gasteiger partial charge in [-0.25, -0.2) is 9.67 Å². The highest BCUT2D eigenvalue weighted by atomic mass is 15.3. The molecule has 0 spiro atoms. The minimum absolute atomic E-state index is 0.557. The third kappa shape index (κ3) is 2.22. The van der Waals surface area contributed by atoms with Gasteiger partial charge >= 0.3 is 0 Å². The summed E-state index contributed by atoms with van der Waals surface area (Å²) in [6.45, 7) is 1.13. The van der Waals surface area contributed by atoms with Crippen molar-refractivity contribution in [1.82, 2.24) is 20.1 Å². The Kier molecular flexibility index (Phi) is 2.88. The van der Waals surface area contributed by atoms with Crippen molar-refractivity contribution in [1.29, 1.82) is 0 Å². The molecule has 1 atom stereocenters. The topological polar surface area (TPSA) is 42.7 Å². The zero-order valence-electron chi connectivity index (χ0n) is 9.71. The highest BCUT2D eigenvalue weighted by Crippen LogP contribution is 2.13. The van der Waals surface area contributed by atoms with Gasteiger partial charge in [-0.2, -0.15) is 5.10 Å². The lowest BCUT2D eigenvalue weighted by molar-refractivity contribution is 0.575. The molecule has 0 aliphatic carbocycles. The number of para-hydroxylation sites is 1. The van der Waals surface area contributed by atoms with Crippen LogP contribution in [-0.2, 0) is 6.42 Å². The van der Waals surface area contributed by atoms with E-state index in [4.69, 9.17) is 0 Å². The number of nitrogens with one attached hydrogen (secondary N) is 1. The van der Waals surface area contributed by atoms with E-state index in [0.29, 0.717) is 6.04 Å². The van der Waals surface area contributed by atoms with Gasteiger partial charge in [-0.3, -0.25) is 0 Å². The Labute approximate surface area is 101 Å². The van der Waals surface area contributed by atoms with Gasteiger partial charge in [-0.1, -0.05) is 18.2 Å². The summed E-state index contributed by atoms with van der Waals surface area (Å²) in [6, 6.07) is 10.7. The largest absolute Gasteiger partial charge is 0.314 e. The summed E-state index contributed by atoms with van der Waals surface area (Å²) in [4.78, 5) is 4.37. The van der Waals surface area contributed by atoms with Gasteiger partial charge in [0, 0.05) is 12.5 Å². The van der Waals surface area contributed by atoms with Crippen LogP contribution < -0.4 is 5.32 Å². The Morgan fingerprint density at radius 2 is 2.18 bits per heavy atom. The Balaban J connectivity index is 1.84. The minimum atomic E-state index is 0.557. The van der Waals surface area contributed by atoms with Crippen LogP contribution in [0.5, 0.6) is 0 Å². The average molecular weight is 228 g/mol. The minimum Gasteiger partial charge on any atom is -0.314 e. The van der Waals surface area contributed by atoms with Crippen LogP contribution in [0.25, 0.3) is 5.69 Å². The lowest BCUT2D eigenvalue weighted by Gasteiger charge is -2.10. The van der Waals surface area contributed by atoms with E-state index in [1.165, 1.54) is 12.8 Å². The maximum absolute atomic E-state index is 4.37. The van der Waals surface area contributed by atoms with E-state index in [0.717, 1.165) is 24.5 Å². The highest BCUT2D eigenvalue weighted by molar-refractivity contribution is 5.30. The van der Waals surface area contributed by atoms with Crippen LogP contribution >= 0.6 is 0 Å². The third-order valence-corrected chi connectivity index (χ3v) is 3.21. The Morgan fingerprint density at radius 3 is 2.94 bits per heavy atom. The summed E-state index contributed by atoms with van der Waals surface area (Å²) < 4.78 is 1.93. The number of rotatable bonds is 3. The monoisotopic (exact) mass is 228 g/mol. The second-order valence-corrected chi connectivity index (χ2v) is 4.42. The van der Waals surface area contributed by atoms with Crippen molar-refractivity contribution in [3.05, 3.63) is 42.5 Å². The molecule has 0 bridgehead atoms. The van der Waals surface area contributed by atoms with E-state index >= 15 is 0 Å². The van der Waals surface area contributed by atoms with Crippen molar-refractivity contribution in [2.45, 2.75) is 25.3 Å². The maximum Gasteiger partial charge on any atom is 0.138 e. The number of nitrogens with zero attached hydrogens (tertiary/aromatic N) is 3. The van der Waals surface area contributed by atoms with Crippen molar-refractivity contribution in [2.75, 3.05) is 6.54 Å². The molecule has 1 fully saturated rings. The second kappa shape index (κ2) is 4.67. The average Bonchev–Trinajstić information content (AvgIpc) is 3.02. The van der Waals surface area contributed by atoms with E-state index in [1.54, 1.807) is 6.33 Å². The molecule has 17 heavy (non-hydrogen) atoms. The van der Waals surface area contributed by atoms with Crippen LogP contribution in [0.4, 0.5) is 0 Å². The number of benzene rings is 1. The Hall–Kier alpha value is -1.68. The fourth-order valence-corrected chi connectivity index (χ4v) is 2.34. The van der Waals surface area contributed by atoms with Crippen molar-refractivity contribution in [2.24, 2.45) is 0 Å². The van der Waals surface area contributed by atoms with E-state index in [-0.39, 0.29) is 0 Å². The molecule has 2 aromatic rings. The summed E-state index contributed by atoms with van der Waals surface area (Å²) >= 11 is 0. The molecule has 1 aromatic heterocycles. The van der Waals surface area contributed by atoms with Crippen LogP contribution in [0.2, 0.25) is 0 Å². The lowest BCUT2D eigenvalue weighted by Crippen LogP contribution is -2.25. The molecule has 4 heteroatoms. The molecule has 1 aromatic carbocycles. The molecule has 0 saturated carbocycles. The van der Waals surface area contributed by atoms with Crippen molar-refractivity contribution < 1.29 is 0 Å². The fourth-order valence-electron chi connectivity index (χ4n) is 2.34. The predicted molar refractivity (Wildman–Crippen MR) is 66.1 cm³/mol. The van der Waals surface area contributed by atoms with Crippen LogP contribution in [0.1, 0.15) is 18.7 Å². The Bertz CT molecular complexity index is 471. The first-order valence-corrected chi connectivity index (χ1v) is 6.11. The zero-order valence-corrected chi connectivity index (χ0v) is 9.71. The van der Waals surface area contributed by atoms with E-state index in [2.05, 4.69) is 27.5 Å². The van der Waals surface area contributed by atoms with Crippen LogP contribution in [0.3, 0.4) is 0 Å². The van der Waals surface area contributed by atoms with Gasteiger partial charge in [0.15, 0.2) is 0 Å². The first kappa shape index (κ1) is 10.5. The van der Waals surface area contributed by atoms with Crippen LogP contribution in [0, 0.1) is 0 Å². The number of hydrogen-bond donors (Lipinski definition) is 1. The van der Waals surface area contributed by atoms with Crippen molar-refractivity contribution in [3.63, 3.8) is 0 Å². The van der Waals surface area contributed by atoms with Crippen LogP contribution in [-0.4, -0.2) is 27.4 Å². The molecule has 1 N–H and O–H groups in total. The van der Waals surface area contributed by atoms with E-state index in [1.807, 2.05) is 22.9 Å². The van der Waals surface area contributed by atoms with Gasteiger partial charge in [0.2, 0.25) is 0 Å². The summed E-state index contributed by atoms with van der Waals surface area (Å²) in [5.74, 6) is 1.04. The molecule has 3 rings (SSSR count). The Morgan fingerprint density at radius 1 is 1.29 bits per heavy atom. The standard InChI is InChI=1S/C13H16N4/c1-2-6-12(7-3-1)17-13(15-10-16-17)9-11-5-4-8-14-11/h1-3,6-7,10-11,14H,4-5,8-9H2. The smallest absolute Gasteiger partial charge is 0.138 e.